The van der Waals surface area contributed by atoms with E-state index in [0.29, 0.717) is 25.5 Å². The van der Waals surface area contributed by atoms with Crippen molar-refractivity contribution >= 4 is 5.91 Å². The summed E-state index contributed by atoms with van der Waals surface area (Å²) >= 11 is 0. The van der Waals surface area contributed by atoms with E-state index in [1.165, 1.54) is 6.42 Å². The Morgan fingerprint density at radius 2 is 2.29 bits per heavy atom. The highest BCUT2D eigenvalue weighted by atomic mass is 16.5. The number of nitrogens with two attached hydrogens (primary N) is 1. The van der Waals surface area contributed by atoms with E-state index >= 15 is 0 Å². The first-order chi connectivity index (χ1) is 8.10. The Bertz CT molecular complexity index is 246. The average Bonchev–Trinajstić information content (AvgIpc) is 2.28. The number of rotatable bonds is 5. The third-order valence-corrected chi connectivity index (χ3v) is 3.65. The molecule has 0 aliphatic carbocycles. The summed E-state index contributed by atoms with van der Waals surface area (Å²) in [5.74, 6) is 1.04. The van der Waals surface area contributed by atoms with Crippen LogP contribution in [0.25, 0.3) is 0 Å². The smallest absolute Gasteiger partial charge is 0.223 e. The molecule has 1 saturated heterocycles. The molecule has 0 aromatic carbocycles. The molecule has 0 saturated carbocycles. The molecule has 17 heavy (non-hydrogen) atoms. The number of likely N-dealkylation sites (tertiary alicyclic amines) is 1. The predicted octanol–water partition coefficient (Wildman–Crippen LogP) is 1.24. The Morgan fingerprint density at radius 3 is 2.88 bits per heavy atom. The number of methoxy groups -OCH3 is 1. The second-order valence-electron chi connectivity index (χ2n) is 5.27. The second-order valence-corrected chi connectivity index (χ2v) is 5.27. The first kappa shape index (κ1) is 14.5. The van der Waals surface area contributed by atoms with E-state index < -0.39 is 0 Å². The molecule has 100 valence electrons. The van der Waals surface area contributed by atoms with Gasteiger partial charge in [-0.25, -0.2) is 0 Å². The van der Waals surface area contributed by atoms with Crippen LogP contribution in [0.4, 0.5) is 0 Å². The number of piperidine rings is 1. The summed E-state index contributed by atoms with van der Waals surface area (Å²) in [6.07, 6.45) is 2.85. The number of hydrogen-bond donors (Lipinski definition) is 1. The maximum atomic E-state index is 12.2. The lowest BCUT2D eigenvalue weighted by atomic mass is 9.90. The summed E-state index contributed by atoms with van der Waals surface area (Å²) < 4.78 is 5.07. The number of carbonyl (C=O) groups is 1. The Labute approximate surface area is 104 Å². The molecule has 1 aliphatic rings. The third kappa shape index (κ3) is 3.96. The zero-order chi connectivity index (χ0) is 12.8. The summed E-state index contributed by atoms with van der Waals surface area (Å²) in [7, 11) is 1.67. The van der Waals surface area contributed by atoms with E-state index in [0.717, 1.165) is 13.0 Å². The third-order valence-electron chi connectivity index (χ3n) is 3.65. The molecule has 1 aliphatic heterocycles. The Balaban J connectivity index is 2.54. The Kier molecular flexibility index (Phi) is 5.92. The molecule has 0 aromatic rings. The molecule has 0 radical (unpaired) electrons. The molecule has 1 heterocycles. The van der Waals surface area contributed by atoms with Crippen LogP contribution in [-0.2, 0) is 9.53 Å². The van der Waals surface area contributed by atoms with Gasteiger partial charge >= 0.3 is 0 Å². The molecule has 2 N–H and O–H groups in total. The SMILES string of the molecule is COCC(C)CC(=O)N1CCCC(C)C1CN. The van der Waals surface area contributed by atoms with Crippen molar-refractivity contribution in [1.82, 2.24) is 4.90 Å². The van der Waals surface area contributed by atoms with Gasteiger partial charge in [-0.1, -0.05) is 13.8 Å². The van der Waals surface area contributed by atoms with Gasteiger partial charge in [0.15, 0.2) is 0 Å². The first-order valence-corrected chi connectivity index (χ1v) is 6.58. The quantitative estimate of drug-likeness (QED) is 0.789. The van der Waals surface area contributed by atoms with Crippen LogP contribution in [0.1, 0.15) is 33.1 Å². The lowest BCUT2D eigenvalue weighted by Crippen LogP contribution is -2.51. The lowest BCUT2D eigenvalue weighted by molar-refractivity contribution is -0.137. The topological polar surface area (TPSA) is 55.6 Å². The van der Waals surface area contributed by atoms with Gasteiger partial charge in [0.2, 0.25) is 5.91 Å². The van der Waals surface area contributed by atoms with Crippen LogP contribution >= 0.6 is 0 Å². The summed E-state index contributed by atoms with van der Waals surface area (Å²) in [4.78, 5) is 14.2. The van der Waals surface area contributed by atoms with E-state index in [1.807, 2.05) is 11.8 Å². The fourth-order valence-electron chi connectivity index (χ4n) is 2.68. The minimum Gasteiger partial charge on any atom is -0.384 e. The van der Waals surface area contributed by atoms with Crippen LogP contribution in [0.3, 0.4) is 0 Å². The van der Waals surface area contributed by atoms with E-state index in [1.54, 1.807) is 7.11 Å². The molecule has 4 nitrogen and oxygen atoms in total. The number of ether oxygens (including phenoxy) is 1. The van der Waals surface area contributed by atoms with Gasteiger partial charge in [-0.2, -0.15) is 0 Å². The van der Waals surface area contributed by atoms with E-state index in [2.05, 4.69) is 6.92 Å². The lowest BCUT2D eigenvalue weighted by Gasteiger charge is -2.40. The fourth-order valence-corrected chi connectivity index (χ4v) is 2.68. The molecule has 4 heteroatoms. The van der Waals surface area contributed by atoms with Gasteiger partial charge in [0.05, 0.1) is 0 Å². The molecule has 3 atom stereocenters. The van der Waals surface area contributed by atoms with Crippen LogP contribution in [0.15, 0.2) is 0 Å². The Hall–Kier alpha value is -0.610. The largest absolute Gasteiger partial charge is 0.384 e. The standard InChI is InChI=1S/C13H26N2O2/c1-10(9-17-3)7-13(16)15-6-4-5-11(2)12(15)8-14/h10-12H,4-9,14H2,1-3H3. The summed E-state index contributed by atoms with van der Waals surface area (Å²) in [6.45, 7) is 6.32. The van der Waals surface area contributed by atoms with Crippen LogP contribution in [-0.4, -0.2) is 43.7 Å². The van der Waals surface area contributed by atoms with Crippen LogP contribution in [0, 0.1) is 11.8 Å². The van der Waals surface area contributed by atoms with Crippen molar-refractivity contribution in [3.8, 4) is 0 Å². The van der Waals surface area contributed by atoms with Crippen LogP contribution in [0.2, 0.25) is 0 Å². The molecule has 1 amide bonds. The van der Waals surface area contributed by atoms with Crippen molar-refractivity contribution in [2.75, 3.05) is 26.8 Å². The van der Waals surface area contributed by atoms with Crippen molar-refractivity contribution in [1.29, 1.82) is 0 Å². The molecular formula is C13H26N2O2. The average molecular weight is 242 g/mol. The molecule has 1 rings (SSSR count). The van der Waals surface area contributed by atoms with Gasteiger partial charge in [-0.15, -0.1) is 0 Å². The maximum Gasteiger partial charge on any atom is 0.223 e. The summed E-state index contributed by atoms with van der Waals surface area (Å²) in [5.41, 5.74) is 5.79. The molecule has 0 aromatic heterocycles. The van der Waals surface area contributed by atoms with Crippen LogP contribution < -0.4 is 5.73 Å². The molecule has 0 bridgehead atoms. The zero-order valence-corrected chi connectivity index (χ0v) is 11.3. The molecular weight excluding hydrogens is 216 g/mol. The van der Waals surface area contributed by atoms with Gasteiger partial charge in [0, 0.05) is 39.3 Å². The van der Waals surface area contributed by atoms with E-state index in [4.69, 9.17) is 10.5 Å². The minimum absolute atomic E-state index is 0.228. The van der Waals surface area contributed by atoms with Crippen molar-refractivity contribution in [2.24, 2.45) is 17.6 Å². The summed E-state index contributed by atoms with van der Waals surface area (Å²) in [6, 6.07) is 0.228. The molecule has 0 spiro atoms. The second kappa shape index (κ2) is 6.97. The monoisotopic (exact) mass is 242 g/mol. The number of carbonyl (C=O) groups excluding carboxylic acids is 1. The Morgan fingerprint density at radius 1 is 1.59 bits per heavy atom. The minimum atomic E-state index is 0.228. The highest BCUT2D eigenvalue weighted by Crippen LogP contribution is 2.23. The zero-order valence-electron chi connectivity index (χ0n) is 11.3. The van der Waals surface area contributed by atoms with Gasteiger partial charge < -0.3 is 15.4 Å². The van der Waals surface area contributed by atoms with E-state index in [-0.39, 0.29) is 17.9 Å². The predicted molar refractivity (Wildman–Crippen MR) is 68.6 cm³/mol. The highest BCUT2D eigenvalue weighted by Gasteiger charge is 2.30. The van der Waals surface area contributed by atoms with Crippen molar-refractivity contribution < 1.29 is 9.53 Å². The van der Waals surface area contributed by atoms with Gasteiger partial charge in [-0.3, -0.25) is 4.79 Å². The van der Waals surface area contributed by atoms with Crippen molar-refractivity contribution in [2.45, 2.75) is 39.2 Å². The fraction of sp³-hybridized carbons (Fsp3) is 0.923. The number of hydrogen-bond acceptors (Lipinski definition) is 3. The molecule has 3 unspecified atom stereocenters. The van der Waals surface area contributed by atoms with Crippen LogP contribution in [0.5, 0.6) is 0 Å². The normalized spacial score (nSPS) is 26.9. The first-order valence-electron chi connectivity index (χ1n) is 6.58. The summed E-state index contributed by atoms with van der Waals surface area (Å²) in [5, 5.41) is 0. The number of nitrogens with zero attached hydrogens (tertiary/aromatic N) is 1. The van der Waals surface area contributed by atoms with Crippen molar-refractivity contribution in [3.63, 3.8) is 0 Å². The van der Waals surface area contributed by atoms with Gasteiger partial charge in [-0.05, 0) is 24.7 Å². The maximum absolute atomic E-state index is 12.2. The number of amides is 1. The van der Waals surface area contributed by atoms with Gasteiger partial charge in [0.25, 0.3) is 0 Å². The van der Waals surface area contributed by atoms with Gasteiger partial charge in [0.1, 0.15) is 0 Å². The van der Waals surface area contributed by atoms with E-state index in [9.17, 15) is 4.79 Å². The van der Waals surface area contributed by atoms with Crippen molar-refractivity contribution in [3.05, 3.63) is 0 Å². The molecule has 1 fully saturated rings. The highest BCUT2D eigenvalue weighted by molar-refractivity contribution is 5.77.